The van der Waals surface area contributed by atoms with E-state index in [9.17, 15) is 0 Å². The lowest BCUT2D eigenvalue weighted by Gasteiger charge is -2.29. The van der Waals surface area contributed by atoms with Gasteiger partial charge in [-0.2, -0.15) is 0 Å². The summed E-state index contributed by atoms with van der Waals surface area (Å²) < 4.78 is 0. The molecule has 20 heavy (non-hydrogen) atoms. The fourth-order valence-corrected chi connectivity index (χ4v) is 2.48. The third-order valence-corrected chi connectivity index (χ3v) is 4.02. The van der Waals surface area contributed by atoms with Crippen LogP contribution in [-0.4, -0.2) is 24.1 Å². The molecule has 0 aliphatic heterocycles. The number of rotatable bonds is 8. The molecule has 1 heterocycles. The van der Waals surface area contributed by atoms with Gasteiger partial charge in [0.15, 0.2) is 0 Å². The molecule has 1 unspecified atom stereocenters. The summed E-state index contributed by atoms with van der Waals surface area (Å²) in [6.45, 7) is 11.1. The molecule has 3 nitrogen and oxygen atoms in total. The summed E-state index contributed by atoms with van der Waals surface area (Å²) in [6, 6.07) is 5.28. The minimum Gasteiger partial charge on any atom is -0.368 e. The molecular formula is C17H29N3. The standard InChI is InChI=1S/C17H29N3/c1-5-10-18-14(4)17-9-8-16(11-19-17)20(13(2)3)12-15-6-7-15/h8-9,11,13-15,18H,5-7,10,12H2,1-4H3. The lowest BCUT2D eigenvalue weighted by Crippen LogP contribution is -2.32. The number of hydrogen-bond acceptors (Lipinski definition) is 3. The maximum Gasteiger partial charge on any atom is 0.0572 e. The van der Waals surface area contributed by atoms with E-state index in [2.05, 4.69) is 55.0 Å². The molecule has 1 saturated carbocycles. The Morgan fingerprint density at radius 2 is 2.05 bits per heavy atom. The number of anilines is 1. The molecule has 1 atom stereocenters. The first-order chi connectivity index (χ1) is 9.61. The summed E-state index contributed by atoms with van der Waals surface area (Å²) in [5.74, 6) is 0.905. The van der Waals surface area contributed by atoms with Crippen molar-refractivity contribution in [1.29, 1.82) is 0 Å². The molecule has 0 amide bonds. The Hall–Kier alpha value is -1.09. The lowest BCUT2D eigenvalue weighted by atomic mass is 10.2. The minimum absolute atomic E-state index is 0.333. The van der Waals surface area contributed by atoms with E-state index >= 15 is 0 Å². The Morgan fingerprint density at radius 3 is 2.55 bits per heavy atom. The molecule has 0 aromatic carbocycles. The minimum atomic E-state index is 0.333. The van der Waals surface area contributed by atoms with Crippen LogP contribution < -0.4 is 10.2 Å². The Morgan fingerprint density at radius 1 is 1.30 bits per heavy atom. The highest BCUT2D eigenvalue weighted by atomic mass is 15.2. The van der Waals surface area contributed by atoms with Crippen molar-refractivity contribution in [3.8, 4) is 0 Å². The van der Waals surface area contributed by atoms with E-state index in [0.29, 0.717) is 12.1 Å². The largest absolute Gasteiger partial charge is 0.368 e. The monoisotopic (exact) mass is 275 g/mol. The maximum atomic E-state index is 4.66. The smallest absolute Gasteiger partial charge is 0.0572 e. The number of aromatic nitrogens is 1. The average Bonchev–Trinajstić information content (AvgIpc) is 3.26. The van der Waals surface area contributed by atoms with E-state index in [1.54, 1.807) is 0 Å². The van der Waals surface area contributed by atoms with Crippen LogP contribution in [0.15, 0.2) is 18.3 Å². The molecule has 0 radical (unpaired) electrons. The molecule has 2 rings (SSSR count). The van der Waals surface area contributed by atoms with Crippen LogP contribution in [-0.2, 0) is 0 Å². The van der Waals surface area contributed by atoms with Gasteiger partial charge in [-0.15, -0.1) is 0 Å². The molecule has 112 valence electrons. The first-order valence-corrected chi connectivity index (χ1v) is 8.07. The van der Waals surface area contributed by atoms with Crippen molar-refractivity contribution in [2.75, 3.05) is 18.0 Å². The number of nitrogens with one attached hydrogen (secondary N) is 1. The predicted octanol–water partition coefficient (Wildman–Crippen LogP) is 3.77. The Balaban J connectivity index is 2.01. The van der Waals surface area contributed by atoms with Crippen molar-refractivity contribution in [3.05, 3.63) is 24.0 Å². The number of hydrogen-bond donors (Lipinski definition) is 1. The van der Waals surface area contributed by atoms with E-state index < -0.39 is 0 Å². The Kier molecular flexibility index (Phi) is 5.41. The quantitative estimate of drug-likeness (QED) is 0.783. The van der Waals surface area contributed by atoms with Gasteiger partial charge in [-0.1, -0.05) is 6.92 Å². The van der Waals surface area contributed by atoms with Crippen LogP contribution in [0.5, 0.6) is 0 Å². The zero-order valence-electron chi connectivity index (χ0n) is 13.4. The average molecular weight is 275 g/mol. The van der Waals surface area contributed by atoms with Gasteiger partial charge in [0.25, 0.3) is 0 Å². The highest BCUT2D eigenvalue weighted by Crippen LogP contribution is 2.32. The lowest BCUT2D eigenvalue weighted by molar-refractivity contribution is 0.558. The number of nitrogens with zero attached hydrogens (tertiary/aromatic N) is 2. The number of pyridine rings is 1. The molecule has 3 heteroatoms. The van der Waals surface area contributed by atoms with Crippen molar-refractivity contribution in [1.82, 2.24) is 10.3 Å². The zero-order chi connectivity index (χ0) is 14.5. The van der Waals surface area contributed by atoms with Crippen LogP contribution in [0.25, 0.3) is 0 Å². The van der Waals surface area contributed by atoms with E-state index in [1.807, 2.05) is 6.20 Å². The fraction of sp³-hybridized carbons (Fsp3) is 0.706. The zero-order valence-corrected chi connectivity index (χ0v) is 13.4. The van der Waals surface area contributed by atoms with Gasteiger partial charge in [0.05, 0.1) is 17.6 Å². The van der Waals surface area contributed by atoms with Crippen LogP contribution in [0.3, 0.4) is 0 Å². The van der Waals surface area contributed by atoms with E-state index in [0.717, 1.165) is 24.6 Å². The van der Waals surface area contributed by atoms with Crippen molar-refractivity contribution >= 4 is 5.69 Å². The molecule has 1 N–H and O–H groups in total. The summed E-state index contributed by atoms with van der Waals surface area (Å²) in [7, 11) is 0. The second kappa shape index (κ2) is 7.07. The molecule has 1 aliphatic rings. The van der Waals surface area contributed by atoms with Gasteiger partial charge < -0.3 is 10.2 Å². The van der Waals surface area contributed by atoms with Gasteiger partial charge in [0.2, 0.25) is 0 Å². The molecule has 1 aliphatic carbocycles. The van der Waals surface area contributed by atoms with Crippen molar-refractivity contribution in [2.24, 2.45) is 5.92 Å². The van der Waals surface area contributed by atoms with Gasteiger partial charge in [0, 0.05) is 18.6 Å². The summed E-state index contributed by atoms with van der Waals surface area (Å²) in [6.07, 6.45) is 5.99. The van der Waals surface area contributed by atoms with E-state index in [4.69, 9.17) is 0 Å². The Bertz CT molecular complexity index is 395. The molecule has 0 bridgehead atoms. The topological polar surface area (TPSA) is 28.2 Å². The van der Waals surface area contributed by atoms with Gasteiger partial charge >= 0.3 is 0 Å². The SMILES string of the molecule is CCCNC(C)c1ccc(N(CC2CC2)C(C)C)cn1. The summed E-state index contributed by atoms with van der Waals surface area (Å²) in [5, 5.41) is 3.49. The summed E-state index contributed by atoms with van der Waals surface area (Å²) in [5.41, 5.74) is 2.40. The molecule has 1 aromatic rings. The molecule has 0 spiro atoms. The van der Waals surface area contributed by atoms with Crippen LogP contribution in [0.2, 0.25) is 0 Å². The van der Waals surface area contributed by atoms with Crippen LogP contribution in [0, 0.1) is 5.92 Å². The van der Waals surface area contributed by atoms with Crippen molar-refractivity contribution in [2.45, 2.75) is 59.0 Å². The second-order valence-corrected chi connectivity index (χ2v) is 6.31. The van der Waals surface area contributed by atoms with Crippen molar-refractivity contribution in [3.63, 3.8) is 0 Å². The normalized spacial score (nSPS) is 16.4. The second-order valence-electron chi connectivity index (χ2n) is 6.31. The van der Waals surface area contributed by atoms with Gasteiger partial charge in [-0.25, -0.2) is 0 Å². The van der Waals surface area contributed by atoms with Crippen LogP contribution in [0.1, 0.15) is 58.7 Å². The molecular weight excluding hydrogens is 246 g/mol. The third kappa shape index (κ3) is 4.20. The highest BCUT2D eigenvalue weighted by Gasteiger charge is 2.25. The maximum absolute atomic E-state index is 4.66. The molecule has 1 fully saturated rings. The third-order valence-electron chi connectivity index (χ3n) is 4.02. The van der Waals surface area contributed by atoms with Crippen LogP contribution >= 0.6 is 0 Å². The van der Waals surface area contributed by atoms with Gasteiger partial charge in [-0.3, -0.25) is 4.98 Å². The first kappa shape index (κ1) is 15.3. The van der Waals surface area contributed by atoms with Crippen LogP contribution in [0.4, 0.5) is 5.69 Å². The first-order valence-electron chi connectivity index (χ1n) is 8.07. The van der Waals surface area contributed by atoms with Gasteiger partial charge in [-0.05, 0) is 64.6 Å². The van der Waals surface area contributed by atoms with Gasteiger partial charge in [0.1, 0.15) is 0 Å². The van der Waals surface area contributed by atoms with E-state index in [-0.39, 0.29) is 0 Å². The highest BCUT2D eigenvalue weighted by molar-refractivity contribution is 5.46. The Labute approximate surface area is 123 Å². The van der Waals surface area contributed by atoms with E-state index in [1.165, 1.54) is 25.1 Å². The summed E-state index contributed by atoms with van der Waals surface area (Å²) >= 11 is 0. The predicted molar refractivity (Wildman–Crippen MR) is 86.2 cm³/mol. The summed E-state index contributed by atoms with van der Waals surface area (Å²) in [4.78, 5) is 7.14. The molecule has 0 saturated heterocycles. The molecule has 1 aromatic heterocycles. The van der Waals surface area contributed by atoms with Crippen molar-refractivity contribution < 1.29 is 0 Å². The fourth-order valence-electron chi connectivity index (χ4n) is 2.48.